The van der Waals surface area contributed by atoms with Gasteiger partial charge in [0.15, 0.2) is 57.5 Å². The quantitative estimate of drug-likeness (QED) is 0.0515. The van der Waals surface area contributed by atoms with E-state index < -0.39 is 0 Å². The highest BCUT2D eigenvalue weighted by Crippen LogP contribution is 2.39. The van der Waals surface area contributed by atoms with E-state index in [9.17, 15) is 30.6 Å². The van der Waals surface area contributed by atoms with E-state index in [-0.39, 0.29) is 57.5 Å². The van der Waals surface area contributed by atoms with Gasteiger partial charge >= 0.3 is 0 Å². The Kier molecular flexibility index (Phi) is 13.6. The number of rotatable bonds is 0. The van der Waals surface area contributed by atoms with Gasteiger partial charge in [-0.3, -0.25) is 0 Å². The summed E-state index contributed by atoms with van der Waals surface area (Å²) in [6, 6.07) is 55.0. The van der Waals surface area contributed by atoms with Crippen molar-refractivity contribution in [1.82, 2.24) is 0 Å². The van der Waals surface area contributed by atoms with Gasteiger partial charge in [0, 0.05) is 5.39 Å². The van der Waals surface area contributed by atoms with Crippen LogP contribution in [0.4, 0.5) is 0 Å². The number of aromatic hydroxyl groups is 10. The molecule has 10 nitrogen and oxygen atoms in total. The Morgan fingerprint density at radius 2 is 0.623 bits per heavy atom. The molecule has 0 spiro atoms. The number of phenols is 10. The SMILES string of the molecule is CC1CCCc2cc(O)c(O)cc21.Oc1cc2cc3ccccc3cc2cc1O.Oc1cc2ccccc2cc1O.Oc1cc2ccccc2cc1O.Oc1ccc2cc3ccccc3cc2c1O. The molecule has 12 rings (SSSR count). The molecule has 1 aliphatic rings. The molecule has 10 N–H and O–H groups in total. The molecule has 346 valence electrons. The van der Waals surface area contributed by atoms with Crippen molar-refractivity contribution < 1.29 is 51.1 Å². The molecule has 0 aliphatic heterocycles. The third-order valence-corrected chi connectivity index (χ3v) is 12.2. The third kappa shape index (κ3) is 10.7. The molecule has 0 bridgehead atoms. The number of aryl methyl sites for hydroxylation is 1. The Labute approximate surface area is 397 Å². The van der Waals surface area contributed by atoms with Gasteiger partial charge in [-0.05, 0) is 174 Å². The summed E-state index contributed by atoms with van der Waals surface area (Å²) in [5.74, 6) is -0.0722. The third-order valence-electron chi connectivity index (χ3n) is 12.2. The summed E-state index contributed by atoms with van der Waals surface area (Å²) >= 11 is 0. The Morgan fingerprint density at radius 1 is 0.304 bits per heavy atom. The normalized spacial score (nSPS) is 12.7. The molecular formula is C59H50O10. The zero-order valence-electron chi connectivity index (χ0n) is 37.5. The van der Waals surface area contributed by atoms with Gasteiger partial charge in [0.1, 0.15) is 0 Å². The summed E-state index contributed by atoms with van der Waals surface area (Å²) in [7, 11) is 0. The zero-order chi connectivity index (χ0) is 48.8. The minimum absolute atomic E-state index is 0.00694. The zero-order valence-corrected chi connectivity index (χ0v) is 37.5. The first-order valence-corrected chi connectivity index (χ1v) is 22.3. The van der Waals surface area contributed by atoms with Crippen LogP contribution in [0.1, 0.15) is 36.8 Å². The maximum Gasteiger partial charge on any atom is 0.165 e. The van der Waals surface area contributed by atoms with Crippen molar-refractivity contribution in [1.29, 1.82) is 0 Å². The summed E-state index contributed by atoms with van der Waals surface area (Å²) in [4.78, 5) is 0. The minimum atomic E-state index is -0.0808. The molecule has 0 saturated heterocycles. The lowest BCUT2D eigenvalue weighted by molar-refractivity contribution is 0.400. The van der Waals surface area contributed by atoms with Crippen LogP contribution in [-0.4, -0.2) is 51.1 Å². The van der Waals surface area contributed by atoms with E-state index in [0.29, 0.717) is 11.3 Å². The van der Waals surface area contributed by atoms with Gasteiger partial charge in [0.25, 0.3) is 0 Å². The summed E-state index contributed by atoms with van der Waals surface area (Å²) in [6.07, 6.45) is 3.38. The number of hydrogen-bond donors (Lipinski definition) is 10. The van der Waals surface area contributed by atoms with Crippen molar-refractivity contribution in [3.8, 4) is 57.5 Å². The van der Waals surface area contributed by atoms with E-state index in [4.69, 9.17) is 20.4 Å². The predicted octanol–water partition coefficient (Wildman–Crippen LogP) is 13.8. The van der Waals surface area contributed by atoms with Gasteiger partial charge < -0.3 is 51.1 Å². The van der Waals surface area contributed by atoms with Gasteiger partial charge in [-0.1, -0.05) is 110 Å². The van der Waals surface area contributed by atoms with Crippen LogP contribution in [0, 0.1) is 0 Å². The van der Waals surface area contributed by atoms with E-state index in [1.165, 1.54) is 30.0 Å². The van der Waals surface area contributed by atoms with Gasteiger partial charge in [-0.25, -0.2) is 0 Å². The summed E-state index contributed by atoms with van der Waals surface area (Å²) < 4.78 is 0. The lowest BCUT2D eigenvalue weighted by atomic mass is 9.84. The average molecular weight is 919 g/mol. The van der Waals surface area contributed by atoms with Crippen LogP contribution in [0.3, 0.4) is 0 Å². The summed E-state index contributed by atoms with van der Waals surface area (Å²) in [5, 5.41) is 105. The lowest BCUT2D eigenvalue weighted by Gasteiger charge is -2.22. The monoisotopic (exact) mass is 918 g/mol. The molecular weight excluding hydrogens is 869 g/mol. The molecule has 11 aromatic rings. The Morgan fingerprint density at radius 3 is 1.03 bits per heavy atom. The molecule has 0 amide bonds. The number of fused-ring (bicyclic) bond motifs is 7. The van der Waals surface area contributed by atoms with Crippen LogP contribution in [0.2, 0.25) is 0 Å². The van der Waals surface area contributed by atoms with Crippen molar-refractivity contribution >= 4 is 64.6 Å². The van der Waals surface area contributed by atoms with Crippen LogP contribution in [-0.2, 0) is 6.42 Å². The minimum Gasteiger partial charge on any atom is -0.504 e. The smallest absolute Gasteiger partial charge is 0.165 e. The van der Waals surface area contributed by atoms with Crippen LogP contribution in [0.15, 0.2) is 182 Å². The van der Waals surface area contributed by atoms with E-state index >= 15 is 0 Å². The van der Waals surface area contributed by atoms with Crippen molar-refractivity contribution in [3.05, 3.63) is 193 Å². The molecule has 1 atom stereocenters. The number of phenolic OH excluding ortho intramolecular Hbond substituents is 10. The van der Waals surface area contributed by atoms with Crippen molar-refractivity contribution in [2.45, 2.75) is 32.1 Å². The van der Waals surface area contributed by atoms with E-state index in [1.54, 1.807) is 54.6 Å². The largest absolute Gasteiger partial charge is 0.504 e. The number of hydrogen-bond acceptors (Lipinski definition) is 10. The molecule has 1 unspecified atom stereocenters. The second kappa shape index (κ2) is 20.2. The van der Waals surface area contributed by atoms with Crippen molar-refractivity contribution in [2.75, 3.05) is 0 Å². The molecule has 1 aliphatic carbocycles. The first-order chi connectivity index (χ1) is 33.2. The fraction of sp³-hybridized carbons (Fsp3) is 0.0847. The van der Waals surface area contributed by atoms with Gasteiger partial charge in [-0.2, -0.15) is 0 Å². The van der Waals surface area contributed by atoms with Crippen LogP contribution in [0.25, 0.3) is 64.6 Å². The Bertz CT molecular complexity index is 3390. The van der Waals surface area contributed by atoms with Crippen molar-refractivity contribution in [2.24, 2.45) is 0 Å². The van der Waals surface area contributed by atoms with Gasteiger partial charge in [0.2, 0.25) is 0 Å². The van der Waals surface area contributed by atoms with Crippen LogP contribution >= 0.6 is 0 Å². The van der Waals surface area contributed by atoms with Crippen molar-refractivity contribution in [3.63, 3.8) is 0 Å². The number of benzene rings is 11. The molecule has 0 radical (unpaired) electrons. The topological polar surface area (TPSA) is 202 Å². The van der Waals surface area contributed by atoms with Gasteiger partial charge in [-0.15, -0.1) is 0 Å². The predicted molar refractivity (Wildman–Crippen MR) is 275 cm³/mol. The van der Waals surface area contributed by atoms with Crippen LogP contribution in [0.5, 0.6) is 57.5 Å². The fourth-order valence-corrected chi connectivity index (χ4v) is 8.45. The summed E-state index contributed by atoms with van der Waals surface area (Å²) in [6.45, 7) is 2.16. The van der Waals surface area contributed by atoms with E-state index in [1.807, 2.05) is 121 Å². The molecule has 11 aromatic carbocycles. The lowest BCUT2D eigenvalue weighted by Crippen LogP contribution is -2.06. The molecule has 69 heavy (non-hydrogen) atoms. The highest BCUT2D eigenvalue weighted by atomic mass is 16.3. The standard InChI is InChI=1S/2C14H10O2.C11H14O2.2C10H8O2/c15-13-7-11-5-9-3-1-2-4-10(9)6-12(11)8-14(13)16;15-13-6-5-11-7-9-3-1-2-4-10(9)8-12(11)14(13)16;1-7-3-2-4-8-5-10(12)11(13)6-9(7)8;2*11-9-5-7-3-1-2-4-8(7)6-10(9)12/h2*1-8,15-16H;5-7,12-13H,2-4H2,1H3;2*1-6,11-12H. The highest BCUT2D eigenvalue weighted by molar-refractivity contribution is 6.02. The van der Waals surface area contributed by atoms with E-state index in [0.717, 1.165) is 65.7 Å². The Hall–Kier alpha value is -9.02. The molecule has 0 heterocycles. The van der Waals surface area contributed by atoms with Crippen LogP contribution < -0.4 is 0 Å². The summed E-state index contributed by atoms with van der Waals surface area (Å²) in [5.41, 5.74) is 2.38. The molecule has 0 fully saturated rings. The first kappa shape index (κ1) is 46.5. The second-order valence-electron chi connectivity index (χ2n) is 17.0. The highest BCUT2D eigenvalue weighted by Gasteiger charge is 2.18. The molecule has 0 saturated carbocycles. The van der Waals surface area contributed by atoms with Gasteiger partial charge in [0.05, 0.1) is 0 Å². The first-order valence-electron chi connectivity index (χ1n) is 22.3. The van der Waals surface area contributed by atoms with E-state index in [2.05, 4.69) is 6.92 Å². The maximum absolute atomic E-state index is 9.77. The fourth-order valence-electron chi connectivity index (χ4n) is 8.45. The molecule has 0 aromatic heterocycles. The average Bonchev–Trinajstić information content (AvgIpc) is 3.34. The second-order valence-corrected chi connectivity index (χ2v) is 17.0. The Balaban J connectivity index is 0.000000117. The molecule has 10 heteroatoms. The maximum atomic E-state index is 9.77.